The number of nitrogens with one attached hydrogen (secondary N) is 2. The van der Waals surface area contributed by atoms with Crippen molar-refractivity contribution in [2.24, 2.45) is 5.10 Å². The molecule has 0 atom stereocenters. The van der Waals surface area contributed by atoms with E-state index in [0.29, 0.717) is 33.7 Å². The van der Waals surface area contributed by atoms with E-state index < -0.39 is 15.9 Å². The lowest BCUT2D eigenvalue weighted by molar-refractivity contribution is 0.0956. The Morgan fingerprint density at radius 2 is 1.56 bits per heavy atom. The van der Waals surface area contributed by atoms with Crippen LogP contribution in [0.15, 0.2) is 101 Å². The highest BCUT2D eigenvalue weighted by molar-refractivity contribution is 7.92. The van der Waals surface area contributed by atoms with Gasteiger partial charge in [0.2, 0.25) is 0 Å². The lowest BCUT2D eigenvalue weighted by Crippen LogP contribution is -2.21. The first-order valence-corrected chi connectivity index (χ1v) is 13.8. The van der Waals surface area contributed by atoms with E-state index in [1.54, 1.807) is 42.5 Å². The van der Waals surface area contributed by atoms with Gasteiger partial charge >= 0.3 is 0 Å². The summed E-state index contributed by atoms with van der Waals surface area (Å²) in [5, 5.41) is 5.06. The predicted molar refractivity (Wildman–Crippen MR) is 153 cm³/mol. The van der Waals surface area contributed by atoms with Gasteiger partial charge < -0.3 is 9.47 Å². The molecule has 0 bridgehead atoms. The second kappa shape index (κ2) is 12.7. The summed E-state index contributed by atoms with van der Waals surface area (Å²) in [5.74, 6) is 0.423. The second-order valence-electron chi connectivity index (χ2n) is 8.13. The van der Waals surface area contributed by atoms with E-state index in [2.05, 4.69) is 15.2 Å². The van der Waals surface area contributed by atoms with Crippen molar-refractivity contribution in [2.75, 3.05) is 11.8 Å². The highest BCUT2D eigenvalue weighted by atomic mass is 35.5. The van der Waals surface area contributed by atoms with Crippen LogP contribution >= 0.6 is 23.2 Å². The van der Waals surface area contributed by atoms with Gasteiger partial charge in [0.25, 0.3) is 15.9 Å². The zero-order chi connectivity index (χ0) is 27.8. The van der Waals surface area contributed by atoms with Crippen LogP contribution in [-0.2, 0) is 16.6 Å². The molecule has 4 aromatic rings. The Morgan fingerprint density at radius 1 is 0.897 bits per heavy atom. The third-order valence-corrected chi connectivity index (χ3v) is 7.30. The summed E-state index contributed by atoms with van der Waals surface area (Å²) in [6, 6.07) is 24.4. The number of rotatable bonds is 10. The number of anilines is 1. The maximum absolute atomic E-state index is 12.8. The van der Waals surface area contributed by atoms with E-state index in [1.807, 2.05) is 12.1 Å². The van der Waals surface area contributed by atoms with E-state index in [0.717, 1.165) is 5.56 Å². The van der Waals surface area contributed by atoms with Gasteiger partial charge in [-0.25, -0.2) is 13.8 Å². The Hall–Kier alpha value is -4.05. The molecule has 0 aliphatic rings. The van der Waals surface area contributed by atoms with Gasteiger partial charge in [-0.2, -0.15) is 5.10 Å². The molecule has 2 N–H and O–H groups in total. The molecule has 11 heteroatoms. The van der Waals surface area contributed by atoms with Crippen molar-refractivity contribution in [1.82, 2.24) is 5.43 Å². The molecule has 0 saturated heterocycles. The minimum atomic E-state index is -3.94. The standard InChI is InChI=1S/C28H23Cl2N3O5S/c1-37-27-16-20(8-15-26(27)38-18-19-6-9-21(29)10-7-19)17-31-32-28(34)24-4-2-3-5-25(24)33-39(35,36)23-13-11-22(30)12-14-23/h2-17,33H,18H2,1H3,(H,32,34)/b31-17+. The molecule has 0 radical (unpaired) electrons. The van der Waals surface area contributed by atoms with Crippen LogP contribution in [-0.4, -0.2) is 27.6 Å². The van der Waals surface area contributed by atoms with Crippen LogP contribution in [0.1, 0.15) is 21.5 Å². The molecule has 0 aliphatic carbocycles. The van der Waals surface area contributed by atoms with Crippen molar-refractivity contribution in [2.45, 2.75) is 11.5 Å². The minimum Gasteiger partial charge on any atom is -0.493 e. The Labute approximate surface area is 236 Å². The molecule has 0 saturated carbocycles. The molecule has 0 unspecified atom stereocenters. The number of halogens is 2. The van der Waals surface area contributed by atoms with E-state index in [4.69, 9.17) is 32.7 Å². The van der Waals surface area contributed by atoms with E-state index >= 15 is 0 Å². The van der Waals surface area contributed by atoms with Crippen molar-refractivity contribution in [3.8, 4) is 11.5 Å². The van der Waals surface area contributed by atoms with Gasteiger partial charge in [-0.15, -0.1) is 0 Å². The Kier molecular flexibility index (Phi) is 9.08. The molecule has 0 aromatic heterocycles. The van der Waals surface area contributed by atoms with Gasteiger partial charge in [0.05, 0.1) is 29.5 Å². The third kappa shape index (κ3) is 7.51. The smallest absolute Gasteiger partial charge is 0.273 e. The average molecular weight is 584 g/mol. The van der Waals surface area contributed by atoms with Crippen molar-refractivity contribution in [3.05, 3.63) is 118 Å². The summed E-state index contributed by atoms with van der Waals surface area (Å²) in [6.45, 7) is 0.332. The number of hydrazone groups is 1. The number of hydrogen-bond donors (Lipinski definition) is 2. The zero-order valence-corrected chi connectivity index (χ0v) is 22.9. The van der Waals surface area contributed by atoms with Crippen LogP contribution < -0.4 is 19.6 Å². The fourth-order valence-electron chi connectivity index (χ4n) is 3.44. The maximum Gasteiger partial charge on any atom is 0.273 e. The summed E-state index contributed by atoms with van der Waals surface area (Å²) in [7, 11) is -2.42. The van der Waals surface area contributed by atoms with Crippen LogP contribution in [0.2, 0.25) is 10.0 Å². The lowest BCUT2D eigenvalue weighted by atomic mass is 10.2. The summed E-state index contributed by atoms with van der Waals surface area (Å²) in [5.41, 5.74) is 4.20. The molecule has 0 aliphatic heterocycles. The summed E-state index contributed by atoms with van der Waals surface area (Å²) < 4.78 is 39.3. The summed E-state index contributed by atoms with van der Waals surface area (Å²) in [6.07, 6.45) is 1.43. The molecule has 200 valence electrons. The normalized spacial score (nSPS) is 11.3. The van der Waals surface area contributed by atoms with Gasteiger partial charge in [-0.05, 0) is 77.9 Å². The average Bonchev–Trinajstić information content (AvgIpc) is 2.93. The number of carbonyl (C=O) groups is 1. The third-order valence-electron chi connectivity index (χ3n) is 5.41. The van der Waals surface area contributed by atoms with E-state index in [9.17, 15) is 13.2 Å². The number of methoxy groups -OCH3 is 1. The van der Waals surface area contributed by atoms with Crippen molar-refractivity contribution >= 4 is 51.0 Å². The van der Waals surface area contributed by atoms with Gasteiger partial charge in [0.15, 0.2) is 11.5 Å². The number of hydrogen-bond acceptors (Lipinski definition) is 6. The van der Waals surface area contributed by atoms with Gasteiger partial charge in [-0.3, -0.25) is 9.52 Å². The predicted octanol–water partition coefficient (Wildman–Crippen LogP) is 6.15. The second-order valence-corrected chi connectivity index (χ2v) is 10.7. The molecule has 4 rings (SSSR count). The van der Waals surface area contributed by atoms with Crippen LogP contribution in [0.4, 0.5) is 5.69 Å². The fourth-order valence-corrected chi connectivity index (χ4v) is 4.77. The number of para-hydroxylation sites is 1. The number of nitrogens with zero attached hydrogens (tertiary/aromatic N) is 1. The Bertz CT molecular complexity index is 1590. The van der Waals surface area contributed by atoms with Crippen molar-refractivity contribution < 1.29 is 22.7 Å². The largest absolute Gasteiger partial charge is 0.493 e. The molecule has 0 heterocycles. The molecule has 0 spiro atoms. The van der Waals surface area contributed by atoms with Gasteiger partial charge in [0, 0.05) is 10.0 Å². The van der Waals surface area contributed by atoms with Gasteiger partial charge in [-0.1, -0.05) is 47.5 Å². The van der Waals surface area contributed by atoms with Crippen LogP contribution in [0.25, 0.3) is 0 Å². The van der Waals surface area contributed by atoms with Crippen LogP contribution in [0.3, 0.4) is 0 Å². The maximum atomic E-state index is 12.8. The highest BCUT2D eigenvalue weighted by Crippen LogP contribution is 2.28. The minimum absolute atomic E-state index is 0.00896. The Morgan fingerprint density at radius 3 is 2.26 bits per heavy atom. The topological polar surface area (TPSA) is 106 Å². The zero-order valence-electron chi connectivity index (χ0n) is 20.6. The molecular formula is C28H23Cl2N3O5S. The first-order chi connectivity index (χ1) is 18.7. The number of benzene rings is 4. The number of ether oxygens (including phenoxy) is 2. The molecular weight excluding hydrogens is 561 g/mol. The molecule has 1 amide bonds. The lowest BCUT2D eigenvalue weighted by Gasteiger charge is -2.12. The van der Waals surface area contributed by atoms with Crippen LogP contribution in [0.5, 0.6) is 11.5 Å². The van der Waals surface area contributed by atoms with Crippen molar-refractivity contribution in [3.63, 3.8) is 0 Å². The monoisotopic (exact) mass is 583 g/mol. The molecule has 8 nitrogen and oxygen atoms in total. The summed E-state index contributed by atoms with van der Waals surface area (Å²) >= 11 is 11.8. The van der Waals surface area contributed by atoms with Gasteiger partial charge in [0.1, 0.15) is 6.61 Å². The Balaban J connectivity index is 1.42. The summed E-state index contributed by atoms with van der Waals surface area (Å²) in [4.78, 5) is 12.8. The van der Waals surface area contributed by atoms with Crippen molar-refractivity contribution in [1.29, 1.82) is 0 Å². The molecule has 39 heavy (non-hydrogen) atoms. The number of amides is 1. The SMILES string of the molecule is COc1cc(/C=N/NC(=O)c2ccccc2NS(=O)(=O)c2ccc(Cl)cc2)ccc1OCc1ccc(Cl)cc1. The first-order valence-electron chi connectivity index (χ1n) is 11.5. The number of carbonyl (C=O) groups excluding carboxylic acids is 1. The van der Waals surface area contributed by atoms with E-state index in [-0.39, 0.29) is 16.1 Å². The van der Waals surface area contributed by atoms with Crippen LogP contribution in [0, 0.1) is 0 Å². The first kappa shape index (κ1) is 28.0. The van der Waals surface area contributed by atoms with E-state index in [1.165, 1.54) is 49.7 Å². The number of sulfonamides is 1. The quantitative estimate of drug-likeness (QED) is 0.172. The highest BCUT2D eigenvalue weighted by Gasteiger charge is 2.18. The fraction of sp³-hybridized carbons (Fsp3) is 0.0714. The molecule has 0 fully saturated rings. The molecule has 4 aromatic carbocycles.